The van der Waals surface area contributed by atoms with Gasteiger partial charge < -0.3 is 15.6 Å². The lowest BCUT2D eigenvalue weighted by atomic mass is 10.2. The molecule has 0 radical (unpaired) electrons. The summed E-state index contributed by atoms with van der Waals surface area (Å²) in [6, 6.07) is 5.87. The number of ether oxygens (including phenoxy) is 1. The third-order valence-electron chi connectivity index (χ3n) is 2.29. The van der Waals surface area contributed by atoms with Crippen molar-refractivity contribution in [3.05, 3.63) is 28.2 Å². The van der Waals surface area contributed by atoms with Crippen molar-refractivity contribution in [1.82, 2.24) is 0 Å². The largest absolute Gasteiger partial charge is 0.492 e. The molecule has 1 rings (SSSR count). The summed E-state index contributed by atoms with van der Waals surface area (Å²) < 4.78 is 6.56. The molecule has 0 heterocycles. The molecular weight excluding hydrogens is 270 g/mol. The quantitative estimate of drug-likeness (QED) is 0.758. The van der Waals surface area contributed by atoms with Gasteiger partial charge >= 0.3 is 0 Å². The Hall–Kier alpha value is -0.580. The second-order valence-electron chi connectivity index (χ2n) is 3.60. The van der Waals surface area contributed by atoms with Gasteiger partial charge in [0.15, 0.2) is 0 Å². The second-order valence-corrected chi connectivity index (χ2v) is 4.46. The van der Waals surface area contributed by atoms with Gasteiger partial charge in [0, 0.05) is 13.2 Å². The molecular formula is C12H18BrNO2. The SMILES string of the molecule is NCc1ccc(OCCCCCO)c(Br)c1. The van der Waals surface area contributed by atoms with E-state index in [2.05, 4.69) is 15.9 Å². The third kappa shape index (κ3) is 4.51. The Labute approximate surface area is 105 Å². The van der Waals surface area contributed by atoms with Crippen LogP contribution in [0.25, 0.3) is 0 Å². The number of hydrogen-bond acceptors (Lipinski definition) is 3. The molecule has 0 aliphatic rings. The normalized spacial score (nSPS) is 10.4. The highest BCUT2D eigenvalue weighted by molar-refractivity contribution is 9.10. The van der Waals surface area contributed by atoms with Crippen LogP contribution in [-0.4, -0.2) is 18.3 Å². The summed E-state index contributed by atoms with van der Waals surface area (Å²) in [5.41, 5.74) is 6.62. The van der Waals surface area contributed by atoms with Crippen LogP contribution >= 0.6 is 15.9 Å². The Bertz CT molecular complexity index is 318. The lowest BCUT2D eigenvalue weighted by Crippen LogP contribution is -2.00. The van der Waals surface area contributed by atoms with Crippen LogP contribution < -0.4 is 10.5 Å². The van der Waals surface area contributed by atoms with E-state index >= 15 is 0 Å². The minimum Gasteiger partial charge on any atom is -0.492 e. The maximum atomic E-state index is 8.62. The standard InChI is InChI=1S/C12H18BrNO2/c13-11-8-10(9-14)4-5-12(11)16-7-3-1-2-6-15/h4-5,8,15H,1-3,6-7,9,14H2. The lowest BCUT2D eigenvalue weighted by molar-refractivity contribution is 0.265. The lowest BCUT2D eigenvalue weighted by Gasteiger charge is -2.09. The molecule has 0 aliphatic carbocycles. The zero-order chi connectivity index (χ0) is 11.8. The van der Waals surface area contributed by atoms with E-state index in [0.717, 1.165) is 35.0 Å². The van der Waals surface area contributed by atoms with Gasteiger partial charge in [-0.2, -0.15) is 0 Å². The maximum Gasteiger partial charge on any atom is 0.133 e. The summed E-state index contributed by atoms with van der Waals surface area (Å²) in [7, 11) is 0. The molecule has 0 amide bonds. The average Bonchev–Trinajstić information content (AvgIpc) is 2.30. The van der Waals surface area contributed by atoms with E-state index in [1.807, 2.05) is 18.2 Å². The van der Waals surface area contributed by atoms with Crippen molar-refractivity contribution in [3.8, 4) is 5.75 Å². The van der Waals surface area contributed by atoms with Crippen molar-refractivity contribution in [2.45, 2.75) is 25.8 Å². The molecule has 0 spiro atoms. The first kappa shape index (κ1) is 13.5. The predicted octanol–water partition coefficient (Wildman–Crippen LogP) is 2.45. The number of halogens is 1. The zero-order valence-electron chi connectivity index (χ0n) is 9.29. The topological polar surface area (TPSA) is 55.5 Å². The molecule has 1 aromatic rings. The van der Waals surface area contributed by atoms with E-state index < -0.39 is 0 Å². The van der Waals surface area contributed by atoms with Gasteiger partial charge in [-0.15, -0.1) is 0 Å². The van der Waals surface area contributed by atoms with Crippen LogP contribution in [0.5, 0.6) is 5.75 Å². The number of aliphatic hydroxyl groups is 1. The van der Waals surface area contributed by atoms with Gasteiger partial charge in [-0.1, -0.05) is 6.07 Å². The maximum absolute atomic E-state index is 8.62. The molecule has 0 bridgehead atoms. The van der Waals surface area contributed by atoms with Crippen LogP contribution in [-0.2, 0) is 6.54 Å². The van der Waals surface area contributed by atoms with Gasteiger partial charge in [-0.3, -0.25) is 0 Å². The van der Waals surface area contributed by atoms with Crippen LogP contribution in [0.15, 0.2) is 22.7 Å². The van der Waals surface area contributed by atoms with Crippen molar-refractivity contribution < 1.29 is 9.84 Å². The van der Waals surface area contributed by atoms with Gasteiger partial charge in [0.2, 0.25) is 0 Å². The minimum atomic E-state index is 0.259. The fourth-order valence-electron chi connectivity index (χ4n) is 1.36. The van der Waals surface area contributed by atoms with Gasteiger partial charge in [0.05, 0.1) is 11.1 Å². The van der Waals surface area contributed by atoms with E-state index in [1.54, 1.807) is 0 Å². The Kier molecular flexibility index (Phi) is 6.45. The fourth-order valence-corrected chi connectivity index (χ4v) is 1.90. The first-order valence-electron chi connectivity index (χ1n) is 5.50. The Balaban J connectivity index is 2.36. The predicted molar refractivity (Wildman–Crippen MR) is 68.5 cm³/mol. The van der Waals surface area contributed by atoms with E-state index in [4.69, 9.17) is 15.6 Å². The summed E-state index contributed by atoms with van der Waals surface area (Å²) in [6.45, 7) is 1.48. The molecule has 1 aromatic carbocycles. The molecule has 0 aliphatic heterocycles. The molecule has 0 aromatic heterocycles. The monoisotopic (exact) mass is 287 g/mol. The van der Waals surface area contributed by atoms with Crippen molar-refractivity contribution in [2.75, 3.05) is 13.2 Å². The molecule has 16 heavy (non-hydrogen) atoms. The molecule has 4 heteroatoms. The highest BCUT2D eigenvalue weighted by Crippen LogP contribution is 2.26. The van der Waals surface area contributed by atoms with Crippen molar-refractivity contribution in [3.63, 3.8) is 0 Å². The van der Waals surface area contributed by atoms with Gasteiger partial charge in [-0.25, -0.2) is 0 Å². The van der Waals surface area contributed by atoms with Gasteiger partial charge in [-0.05, 0) is 52.9 Å². The number of aliphatic hydroxyl groups excluding tert-OH is 1. The fraction of sp³-hybridized carbons (Fsp3) is 0.500. The summed E-state index contributed by atoms with van der Waals surface area (Å²) in [6.07, 6.45) is 2.80. The molecule has 0 atom stereocenters. The highest BCUT2D eigenvalue weighted by Gasteiger charge is 2.01. The number of hydrogen-bond donors (Lipinski definition) is 2. The molecule has 0 saturated heterocycles. The van der Waals surface area contributed by atoms with E-state index in [-0.39, 0.29) is 6.61 Å². The summed E-state index contributed by atoms with van der Waals surface area (Å²) in [5.74, 6) is 0.848. The molecule has 3 N–H and O–H groups in total. The Morgan fingerprint density at radius 1 is 1.25 bits per heavy atom. The van der Waals surface area contributed by atoms with E-state index in [0.29, 0.717) is 13.2 Å². The highest BCUT2D eigenvalue weighted by atomic mass is 79.9. The van der Waals surface area contributed by atoms with E-state index in [9.17, 15) is 0 Å². The Morgan fingerprint density at radius 3 is 2.69 bits per heavy atom. The summed E-state index contributed by atoms with van der Waals surface area (Å²) in [4.78, 5) is 0. The summed E-state index contributed by atoms with van der Waals surface area (Å²) >= 11 is 3.45. The average molecular weight is 288 g/mol. The zero-order valence-corrected chi connectivity index (χ0v) is 10.9. The van der Waals surface area contributed by atoms with Gasteiger partial charge in [0.1, 0.15) is 5.75 Å². The van der Waals surface area contributed by atoms with Crippen molar-refractivity contribution >= 4 is 15.9 Å². The number of unbranched alkanes of at least 4 members (excludes halogenated alkanes) is 2. The van der Waals surface area contributed by atoms with Crippen molar-refractivity contribution in [1.29, 1.82) is 0 Å². The smallest absolute Gasteiger partial charge is 0.133 e. The third-order valence-corrected chi connectivity index (χ3v) is 2.91. The van der Waals surface area contributed by atoms with Crippen LogP contribution in [0.2, 0.25) is 0 Å². The second kappa shape index (κ2) is 7.65. The first-order chi connectivity index (χ1) is 7.77. The number of nitrogens with two attached hydrogens (primary N) is 1. The molecule has 0 unspecified atom stereocenters. The van der Waals surface area contributed by atoms with Crippen molar-refractivity contribution in [2.24, 2.45) is 5.73 Å². The number of benzene rings is 1. The molecule has 90 valence electrons. The Morgan fingerprint density at radius 2 is 2.06 bits per heavy atom. The number of rotatable bonds is 7. The van der Waals surface area contributed by atoms with Crippen LogP contribution in [0, 0.1) is 0 Å². The molecule has 0 saturated carbocycles. The molecule has 3 nitrogen and oxygen atoms in total. The minimum absolute atomic E-state index is 0.259. The first-order valence-corrected chi connectivity index (χ1v) is 6.29. The van der Waals surface area contributed by atoms with Crippen LogP contribution in [0.4, 0.5) is 0 Å². The van der Waals surface area contributed by atoms with E-state index in [1.165, 1.54) is 0 Å². The summed E-state index contributed by atoms with van der Waals surface area (Å²) in [5, 5.41) is 8.62. The van der Waals surface area contributed by atoms with Gasteiger partial charge in [0.25, 0.3) is 0 Å². The van der Waals surface area contributed by atoms with Crippen LogP contribution in [0.1, 0.15) is 24.8 Å². The molecule has 0 fully saturated rings. The van der Waals surface area contributed by atoms with Crippen LogP contribution in [0.3, 0.4) is 0 Å².